The van der Waals surface area contributed by atoms with Gasteiger partial charge in [-0.3, -0.25) is 9.59 Å². The van der Waals surface area contributed by atoms with Crippen molar-refractivity contribution in [2.75, 3.05) is 18.1 Å². The van der Waals surface area contributed by atoms with E-state index in [4.69, 9.17) is 4.74 Å². The average Bonchev–Trinajstić information content (AvgIpc) is 3.30. The van der Waals surface area contributed by atoms with E-state index < -0.39 is 28.0 Å². The molecule has 1 heterocycles. The van der Waals surface area contributed by atoms with Crippen LogP contribution in [0.5, 0.6) is 0 Å². The Morgan fingerprint density at radius 1 is 1.00 bits per heavy atom. The van der Waals surface area contributed by atoms with E-state index in [2.05, 4.69) is 5.32 Å². The third-order valence-electron chi connectivity index (χ3n) is 6.45. The number of sulfone groups is 1. The molecular formula is C20H32N2O6S. The average molecular weight is 429 g/mol. The highest BCUT2D eigenvalue weighted by Crippen LogP contribution is 2.31. The number of hydrogen-bond donors (Lipinski definition) is 1. The highest BCUT2D eigenvalue weighted by atomic mass is 32.2. The second-order valence-electron chi connectivity index (χ2n) is 8.70. The van der Waals surface area contributed by atoms with E-state index in [0.717, 1.165) is 44.9 Å². The molecule has 1 atom stereocenters. The summed E-state index contributed by atoms with van der Waals surface area (Å²) in [6.45, 7) is 0.963. The highest BCUT2D eigenvalue weighted by molar-refractivity contribution is 7.91. The lowest BCUT2D eigenvalue weighted by Gasteiger charge is -2.36. The van der Waals surface area contributed by atoms with E-state index >= 15 is 0 Å². The van der Waals surface area contributed by atoms with Gasteiger partial charge in [0.15, 0.2) is 16.4 Å². The van der Waals surface area contributed by atoms with Crippen LogP contribution in [0.4, 0.5) is 0 Å². The van der Waals surface area contributed by atoms with Crippen LogP contribution >= 0.6 is 0 Å². The summed E-state index contributed by atoms with van der Waals surface area (Å²) in [4.78, 5) is 39.1. The van der Waals surface area contributed by atoms with Gasteiger partial charge in [-0.2, -0.15) is 0 Å². The van der Waals surface area contributed by atoms with Crippen molar-refractivity contribution >= 4 is 27.6 Å². The normalized spacial score (nSPS) is 26.0. The summed E-state index contributed by atoms with van der Waals surface area (Å²) in [6, 6.07) is -0.327. The van der Waals surface area contributed by atoms with Crippen LogP contribution in [0.2, 0.25) is 0 Å². The van der Waals surface area contributed by atoms with E-state index in [-0.39, 0.29) is 35.4 Å². The molecule has 0 spiro atoms. The smallest absolute Gasteiger partial charge is 0.332 e. The minimum atomic E-state index is -3.12. The van der Waals surface area contributed by atoms with Gasteiger partial charge in [0, 0.05) is 19.0 Å². The first-order valence-electron chi connectivity index (χ1n) is 10.7. The zero-order chi connectivity index (χ0) is 21.1. The third-order valence-corrected chi connectivity index (χ3v) is 8.20. The Labute approximate surface area is 172 Å². The molecule has 164 valence electrons. The largest absolute Gasteiger partial charge is 0.454 e. The Bertz CT molecular complexity index is 738. The molecule has 2 aliphatic carbocycles. The number of rotatable bonds is 6. The molecule has 2 amide bonds. The van der Waals surface area contributed by atoms with Gasteiger partial charge in [-0.25, -0.2) is 13.2 Å². The van der Waals surface area contributed by atoms with Gasteiger partial charge in [0.25, 0.3) is 5.91 Å². The van der Waals surface area contributed by atoms with Gasteiger partial charge in [0.1, 0.15) is 5.54 Å². The maximum Gasteiger partial charge on any atom is 0.332 e. The van der Waals surface area contributed by atoms with Crippen molar-refractivity contribution in [3.05, 3.63) is 0 Å². The van der Waals surface area contributed by atoms with Crippen LogP contribution in [0.25, 0.3) is 0 Å². The van der Waals surface area contributed by atoms with Crippen LogP contribution < -0.4 is 5.32 Å². The van der Waals surface area contributed by atoms with Gasteiger partial charge in [-0.1, -0.05) is 32.1 Å². The molecule has 0 aromatic rings. The fourth-order valence-electron chi connectivity index (χ4n) is 5.10. The Balaban J connectivity index is 1.67. The van der Waals surface area contributed by atoms with Crippen LogP contribution in [-0.4, -0.2) is 66.8 Å². The summed E-state index contributed by atoms with van der Waals surface area (Å²) in [6.07, 6.45) is 7.82. The predicted octanol–water partition coefficient (Wildman–Crippen LogP) is 1.33. The molecule has 1 N–H and O–H groups in total. The first-order valence-corrected chi connectivity index (χ1v) is 12.5. The topological polar surface area (TPSA) is 110 Å². The minimum absolute atomic E-state index is 0.0125. The van der Waals surface area contributed by atoms with E-state index in [1.807, 2.05) is 0 Å². The van der Waals surface area contributed by atoms with Crippen LogP contribution in [0.1, 0.15) is 71.1 Å². The van der Waals surface area contributed by atoms with Gasteiger partial charge in [0.05, 0.1) is 11.5 Å². The Morgan fingerprint density at radius 2 is 1.66 bits per heavy atom. The third kappa shape index (κ3) is 5.29. The number of amides is 2. The molecule has 8 nitrogen and oxygen atoms in total. The molecular weight excluding hydrogens is 396 g/mol. The fourth-order valence-corrected chi connectivity index (χ4v) is 6.81. The molecule has 2 saturated carbocycles. The van der Waals surface area contributed by atoms with Crippen LogP contribution in [0.15, 0.2) is 0 Å². The Kier molecular flexibility index (Phi) is 6.86. The maximum atomic E-state index is 13.0. The molecule has 3 rings (SSSR count). The van der Waals surface area contributed by atoms with Crippen molar-refractivity contribution in [1.82, 2.24) is 10.2 Å². The van der Waals surface area contributed by atoms with Gasteiger partial charge < -0.3 is 15.0 Å². The zero-order valence-corrected chi connectivity index (χ0v) is 18.0. The first kappa shape index (κ1) is 22.1. The first-order chi connectivity index (χ1) is 13.7. The second kappa shape index (κ2) is 9.02. The van der Waals surface area contributed by atoms with Crippen molar-refractivity contribution in [3.63, 3.8) is 0 Å². The van der Waals surface area contributed by atoms with Crippen molar-refractivity contribution in [2.45, 2.75) is 88.8 Å². The van der Waals surface area contributed by atoms with Gasteiger partial charge >= 0.3 is 5.97 Å². The monoisotopic (exact) mass is 428 g/mol. The van der Waals surface area contributed by atoms with E-state index in [1.54, 1.807) is 4.90 Å². The Hall–Kier alpha value is -1.64. The van der Waals surface area contributed by atoms with Crippen molar-refractivity contribution in [2.24, 2.45) is 0 Å². The molecule has 0 radical (unpaired) electrons. The molecule has 3 fully saturated rings. The summed E-state index contributed by atoms with van der Waals surface area (Å²) in [5, 5.41) is 2.75. The summed E-state index contributed by atoms with van der Waals surface area (Å²) < 4.78 is 29.3. The van der Waals surface area contributed by atoms with Crippen molar-refractivity contribution in [3.8, 4) is 0 Å². The van der Waals surface area contributed by atoms with Gasteiger partial charge in [0.2, 0.25) is 5.91 Å². The molecule has 0 bridgehead atoms. The number of nitrogens with zero attached hydrogens (tertiary/aromatic N) is 1. The van der Waals surface area contributed by atoms with E-state index in [1.165, 1.54) is 6.92 Å². The highest BCUT2D eigenvalue weighted by Gasteiger charge is 2.43. The zero-order valence-electron chi connectivity index (χ0n) is 17.2. The quantitative estimate of drug-likeness (QED) is 0.639. The Morgan fingerprint density at radius 3 is 2.21 bits per heavy atom. The lowest BCUT2D eigenvalue weighted by atomic mass is 9.81. The summed E-state index contributed by atoms with van der Waals surface area (Å²) in [7, 11) is -3.12. The molecule has 0 aromatic heterocycles. The molecule has 3 aliphatic rings. The molecule has 9 heteroatoms. The lowest BCUT2D eigenvalue weighted by molar-refractivity contribution is -0.161. The SMILES string of the molecule is CC(=O)NC1(C(=O)OCC(=O)N(C2CCCC2)C2CCS(=O)(=O)C2)CCCCC1. The van der Waals surface area contributed by atoms with Crippen LogP contribution in [0, 0.1) is 0 Å². The van der Waals surface area contributed by atoms with Crippen molar-refractivity contribution in [1.29, 1.82) is 0 Å². The number of nitrogens with one attached hydrogen (secondary N) is 1. The maximum absolute atomic E-state index is 13.0. The number of esters is 1. The van der Waals surface area contributed by atoms with Gasteiger partial charge in [-0.05, 0) is 32.1 Å². The van der Waals surface area contributed by atoms with Gasteiger partial charge in [-0.15, -0.1) is 0 Å². The van der Waals surface area contributed by atoms with E-state index in [9.17, 15) is 22.8 Å². The van der Waals surface area contributed by atoms with Crippen molar-refractivity contribution < 1.29 is 27.5 Å². The molecule has 29 heavy (non-hydrogen) atoms. The molecule has 1 saturated heterocycles. The molecule has 0 aromatic carbocycles. The fraction of sp³-hybridized carbons (Fsp3) is 0.850. The number of carbonyl (C=O) groups is 3. The lowest BCUT2D eigenvalue weighted by Crippen LogP contribution is -2.56. The summed E-state index contributed by atoms with van der Waals surface area (Å²) in [5.74, 6) is -1.11. The number of carbonyl (C=O) groups excluding carboxylic acids is 3. The standard InChI is InChI=1S/C20H32N2O6S/c1-15(23)21-20(10-5-2-6-11-20)19(25)28-13-18(24)22(16-7-3-4-8-16)17-9-12-29(26,27)14-17/h16-17H,2-14H2,1H3,(H,21,23). The molecule has 1 unspecified atom stereocenters. The van der Waals surface area contributed by atoms with E-state index in [0.29, 0.717) is 19.3 Å². The predicted molar refractivity (Wildman–Crippen MR) is 107 cm³/mol. The second-order valence-corrected chi connectivity index (χ2v) is 10.9. The van der Waals surface area contributed by atoms with Crippen LogP contribution in [0.3, 0.4) is 0 Å². The summed E-state index contributed by atoms with van der Waals surface area (Å²) >= 11 is 0. The number of ether oxygens (including phenoxy) is 1. The minimum Gasteiger partial charge on any atom is -0.454 e. The van der Waals surface area contributed by atoms with Crippen LogP contribution in [-0.2, 0) is 29.0 Å². The number of hydrogen-bond acceptors (Lipinski definition) is 6. The summed E-state index contributed by atoms with van der Waals surface area (Å²) in [5.41, 5.74) is -1.06. The molecule has 1 aliphatic heterocycles.